The lowest BCUT2D eigenvalue weighted by Gasteiger charge is -2.08. The largest absolute Gasteiger partial charge is 0.496 e. The molecule has 0 aliphatic heterocycles. The summed E-state index contributed by atoms with van der Waals surface area (Å²) < 4.78 is 9.91. The molecule has 0 radical (unpaired) electrons. The number of thiophene rings is 1. The topological polar surface area (TPSA) is 64.6 Å². The molecule has 1 aromatic carbocycles. The molecule has 0 aliphatic carbocycles. The van der Waals surface area contributed by atoms with Gasteiger partial charge in [-0.05, 0) is 23.6 Å². The van der Waals surface area contributed by atoms with Crippen molar-refractivity contribution in [2.45, 2.75) is 4.90 Å². The molecular formula is C15H15NO4S2. The van der Waals surface area contributed by atoms with Crippen LogP contribution in [-0.4, -0.2) is 31.8 Å². The number of nitrogens with one attached hydrogen (secondary N) is 1. The maximum atomic E-state index is 12.0. The second-order valence-electron chi connectivity index (χ2n) is 4.14. The maximum absolute atomic E-state index is 12.0. The van der Waals surface area contributed by atoms with Crippen LogP contribution in [-0.2, 0) is 9.53 Å². The first kappa shape index (κ1) is 16.4. The van der Waals surface area contributed by atoms with E-state index in [4.69, 9.17) is 4.74 Å². The smallest absolute Gasteiger partial charge is 0.340 e. The zero-order valence-corrected chi connectivity index (χ0v) is 13.8. The third-order valence-corrected chi connectivity index (χ3v) is 4.64. The second-order valence-corrected chi connectivity index (χ2v) is 6.08. The van der Waals surface area contributed by atoms with E-state index < -0.39 is 5.97 Å². The molecule has 1 N–H and O–H groups in total. The number of ether oxygens (including phenoxy) is 2. The van der Waals surface area contributed by atoms with Crippen LogP contribution in [0.4, 0.5) is 5.00 Å². The van der Waals surface area contributed by atoms with Crippen molar-refractivity contribution >= 4 is 40.0 Å². The molecule has 0 spiro atoms. The molecule has 0 saturated carbocycles. The predicted octanol–water partition coefficient (Wildman–Crippen LogP) is 3.27. The van der Waals surface area contributed by atoms with Crippen LogP contribution < -0.4 is 10.1 Å². The lowest BCUT2D eigenvalue weighted by Crippen LogP contribution is -2.15. The summed E-state index contributed by atoms with van der Waals surface area (Å²) in [6.07, 6.45) is 0. The fourth-order valence-electron chi connectivity index (χ4n) is 1.72. The first-order chi connectivity index (χ1) is 10.7. The highest BCUT2D eigenvalue weighted by Crippen LogP contribution is 2.29. The molecule has 1 amide bonds. The molecule has 0 saturated heterocycles. The van der Waals surface area contributed by atoms with Crippen LogP contribution in [0.25, 0.3) is 0 Å². The van der Waals surface area contributed by atoms with Gasteiger partial charge in [0.2, 0.25) is 5.91 Å². The van der Waals surface area contributed by atoms with Crippen LogP contribution >= 0.6 is 23.1 Å². The summed E-state index contributed by atoms with van der Waals surface area (Å²) in [5.41, 5.74) is 0.364. The Bertz CT molecular complexity index is 669. The fourth-order valence-corrected chi connectivity index (χ4v) is 3.34. The first-order valence-electron chi connectivity index (χ1n) is 6.37. The van der Waals surface area contributed by atoms with Crippen molar-refractivity contribution in [1.29, 1.82) is 0 Å². The average molecular weight is 337 g/mol. The van der Waals surface area contributed by atoms with Crippen molar-refractivity contribution in [3.8, 4) is 5.75 Å². The normalized spacial score (nSPS) is 10.1. The number of carbonyl (C=O) groups is 2. The highest BCUT2D eigenvalue weighted by Gasteiger charge is 2.15. The summed E-state index contributed by atoms with van der Waals surface area (Å²) >= 11 is 2.66. The van der Waals surface area contributed by atoms with E-state index >= 15 is 0 Å². The molecule has 2 aromatic rings. The number of carbonyl (C=O) groups excluding carboxylic acids is 2. The molecule has 22 heavy (non-hydrogen) atoms. The Morgan fingerprint density at radius 2 is 2.00 bits per heavy atom. The molecule has 0 unspecified atom stereocenters. The molecule has 0 fully saturated rings. The Morgan fingerprint density at radius 1 is 1.23 bits per heavy atom. The van der Waals surface area contributed by atoms with E-state index in [0.29, 0.717) is 10.6 Å². The van der Waals surface area contributed by atoms with E-state index in [2.05, 4.69) is 10.1 Å². The number of benzene rings is 1. The van der Waals surface area contributed by atoms with Crippen molar-refractivity contribution in [1.82, 2.24) is 0 Å². The fraction of sp³-hybridized carbons (Fsp3) is 0.200. The summed E-state index contributed by atoms with van der Waals surface area (Å²) in [7, 11) is 2.90. The van der Waals surface area contributed by atoms with Gasteiger partial charge in [0.1, 0.15) is 10.8 Å². The number of anilines is 1. The third kappa shape index (κ3) is 4.02. The Balaban J connectivity index is 1.96. The average Bonchev–Trinajstić information content (AvgIpc) is 3.00. The lowest BCUT2D eigenvalue weighted by molar-refractivity contribution is -0.113. The molecule has 5 nitrogen and oxygen atoms in total. The highest BCUT2D eigenvalue weighted by atomic mass is 32.2. The maximum Gasteiger partial charge on any atom is 0.340 e. The Hall–Kier alpha value is -1.99. The van der Waals surface area contributed by atoms with Crippen LogP contribution in [0.3, 0.4) is 0 Å². The number of thioether (sulfide) groups is 1. The molecule has 0 aliphatic rings. The van der Waals surface area contributed by atoms with Gasteiger partial charge in [0, 0.05) is 4.90 Å². The van der Waals surface area contributed by atoms with Crippen molar-refractivity contribution in [2.24, 2.45) is 0 Å². The first-order valence-corrected chi connectivity index (χ1v) is 8.23. The van der Waals surface area contributed by atoms with Gasteiger partial charge in [-0.15, -0.1) is 23.1 Å². The van der Waals surface area contributed by atoms with Gasteiger partial charge in [-0.1, -0.05) is 12.1 Å². The quantitative estimate of drug-likeness (QED) is 0.647. The third-order valence-electron chi connectivity index (χ3n) is 2.75. The van der Waals surface area contributed by atoms with Gasteiger partial charge in [-0.25, -0.2) is 4.79 Å². The Morgan fingerprint density at radius 3 is 2.73 bits per heavy atom. The Labute approximate surface area is 136 Å². The van der Waals surface area contributed by atoms with Gasteiger partial charge in [0.15, 0.2) is 0 Å². The molecular weight excluding hydrogens is 322 g/mol. The second kappa shape index (κ2) is 7.86. The van der Waals surface area contributed by atoms with Crippen LogP contribution in [0.2, 0.25) is 0 Å². The number of hydrogen-bond acceptors (Lipinski definition) is 6. The highest BCUT2D eigenvalue weighted by molar-refractivity contribution is 8.00. The van der Waals surface area contributed by atoms with Gasteiger partial charge in [-0.2, -0.15) is 0 Å². The van der Waals surface area contributed by atoms with Crippen LogP contribution in [0.5, 0.6) is 5.75 Å². The number of amides is 1. The molecule has 7 heteroatoms. The van der Waals surface area contributed by atoms with Gasteiger partial charge < -0.3 is 14.8 Å². The van der Waals surface area contributed by atoms with E-state index in [1.54, 1.807) is 18.6 Å². The monoisotopic (exact) mass is 337 g/mol. The van der Waals surface area contributed by atoms with E-state index in [1.807, 2.05) is 24.3 Å². The summed E-state index contributed by atoms with van der Waals surface area (Å²) in [4.78, 5) is 24.5. The minimum Gasteiger partial charge on any atom is -0.496 e. The van der Waals surface area contributed by atoms with Crippen molar-refractivity contribution in [3.63, 3.8) is 0 Å². The summed E-state index contributed by atoms with van der Waals surface area (Å²) in [5.74, 6) is 0.294. The van der Waals surface area contributed by atoms with Gasteiger partial charge in [0.25, 0.3) is 0 Å². The van der Waals surface area contributed by atoms with Gasteiger partial charge in [-0.3, -0.25) is 4.79 Å². The summed E-state index contributed by atoms with van der Waals surface area (Å²) in [6.45, 7) is 0. The van der Waals surface area contributed by atoms with Crippen LogP contribution in [0.1, 0.15) is 10.4 Å². The predicted molar refractivity (Wildman–Crippen MR) is 88.0 cm³/mol. The SMILES string of the molecule is COC(=O)c1ccsc1NC(=O)CSc1ccccc1OC. The molecule has 1 aromatic heterocycles. The number of esters is 1. The standard InChI is InChI=1S/C15H15NO4S2/c1-19-11-5-3-4-6-12(11)22-9-13(17)16-14-10(7-8-21-14)15(18)20-2/h3-8H,9H2,1-2H3,(H,16,17). The van der Waals surface area contributed by atoms with Crippen molar-refractivity contribution < 1.29 is 19.1 Å². The summed E-state index contributed by atoms with van der Waals surface area (Å²) in [6, 6.07) is 9.12. The number of methoxy groups -OCH3 is 2. The molecule has 1 heterocycles. The molecule has 0 atom stereocenters. The molecule has 2 rings (SSSR count). The van der Waals surface area contributed by atoms with E-state index in [-0.39, 0.29) is 11.7 Å². The van der Waals surface area contributed by atoms with Crippen molar-refractivity contribution in [3.05, 3.63) is 41.3 Å². The number of para-hydroxylation sites is 1. The van der Waals surface area contributed by atoms with E-state index in [1.165, 1.54) is 30.2 Å². The van der Waals surface area contributed by atoms with Crippen molar-refractivity contribution in [2.75, 3.05) is 25.3 Å². The van der Waals surface area contributed by atoms with E-state index in [0.717, 1.165) is 10.6 Å². The zero-order chi connectivity index (χ0) is 15.9. The minimum atomic E-state index is -0.464. The zero-order valence-electron chi connectivity index (χ0n) is 12.1. The lowest BCUT2D eigenvalue weighted by atomic mass is 10.3. The molecule has 0 bridgehead atoms. The summed E-state index contributed by atoms with van der Waals surface area (Å²) in [5, 5.41) is 4.96. The van der Waals surface area contributed by atoms with Gasteiger partial charge >= 0.3 is 5.97 Å². The van der Waals surface area contributed by atoms with Crippen LogP contribution in [0.15, 0.2) is 40.6 Å². The number of hydrogen-bond donors (Lipinski definition) is 1. The van der Waals surface area contributed by atoms with E-state index in [9.17, 15) is 9.59 Å². The number of rotatable bonds is 6. The minimum absolute atomic E-state index is 0.191. The van der Waals surface area contributed by atoms with Gasteiger partial charge in [0.05, 0.1) is 25.5 Å². The van der Waals surface area contributed by atoms with Crippen LogP contribution in [0, 0.1) is 0 Å². The molecule has 116 valence electrons. The Kier molecular flexibility index (Phi) is 5.85.